The van der Waals surface area contributed by atoms with Crippen LogP contribution < -0.4 is 5.32 Å². The molecule has 0 rings (SSSR count). The summed E-state index contributed by atoms with van der Waals surface area (Å²) >= 11 is 0. The van der Waals surface area contributed by atoms with Crippen molar-refractivity contribution in [2.24, 2.45) is 0 Å². The fourth-order valence-corrected chi connectivity index (χ4v) is 9.66. The third-order valence-electron chi connectivity index (χ3n) is 14.3. The van der Waals surface area contributed by atoms with Gasteiger partial charge in [0.15, 0.2) is 0 Å². The topological polar surface area (TPSA) is 69.6 Å². The predicted molar refractivity (Wildman–Crippen MR) is 299 cm³/mol. The lowest BCUT2D eigenvalue weighted by atomic mass is 10.0. The highest BCUT2D eigenvalue weighted by Gasteiger charge is 2.18. The number of amides is 1. The maximum absolute atomic E-state index is 12.5. The monoisotopic (exact) mass is 940 g/mol. The van der Waals surface area contributed by atoms with Gasteiger partial charge in [-0.05, 0) is 57.8 Å². The first-order valence-electron chi connectivity index (χ1n) is 30.7. The minimum absolute atomic E-state index is 0.0677. The molecule has 0 bridgehead atoms. The van der Waals surface area contributed by atoms with Gasteiger partial charge in [0.1, 0.15) is 0 Å². The van der Waals surface area contributed by atoms with Gasteiger partial charge in [-0.1, -0.05) is 314 Å². The van der Waals surface area contributed by atoms with E-state index in [1.807, 2.05) is 6.08 Å². The predicted octanol–water partition coefficient (Wildman–Crippen LogP) is 20.4. The van der Waals surface area contributed by atoms with Crippen molar-refractivity contribution in [3.8, 4) is 0 Å². The lowest BCUT2D eigenvalue weighted by molar-refractivity contribution is -0.123. The first-order valence-corrected chi connectivity index (χ1v) is 30.7. The molecule has 1 amide bonds. The van der Waals surface area contributed by atoms with Gasteiger partial charge in [0.25, 0.3) is 0 Å². The van der Waals surface area contributed by atoms with Crippen LogP contribution in [0.25, 0.3) is 0 Å². The zero-order valence-corrected chi connectivity index (χ0v) is 45.7. The lowest BCUT2D eigenvalue weighted by Gasteiger charge is -2.19. The lowest BCUT2D eigenvalue weighted by Crippen LogP contribution is -2.45. The highest BCUT2D eigenvalue weighted by atomic mass is 16.3. The molecule has 396 valence electrons. The van der Waals surface area contributed by atoms with Crippen molar-refractivity contribution < 1.29 is 15.0 Å². The number of nitrogens with one attached hydrogen (secondary N) is 1. The highest BCUT2D eigenvalue weighted by Crippen LogP contribution is 2.18. The first-order chi connectivity index (χ1) is 33.2. The average Bonchev–Trinajstić information content (AvgIpc) is 3.33. The molecule has 0 spiro atoms. The molecule has 3 N–H and O–H groups in total. The van der Waals surface area contributed by atoms with Gasteiger partial charge in [0.05, 0.1) is 18.8 Å². The Hall–Kier alpha value is -1.39. The molecule has 0 saturated carbocycles. The van der Waals surface area contributed by atoms with E-state index in [9.17, 15) is 15.0 Å². The van der Waals surface area contributed by atoms with Crippen molar-refractivity contribution in [1.82, 2.24) is 5.32 Å². The standard InChI is InChI=1S/C63H121NO3/c1-3-5-7-9-11-13-15-17-19-21-23-25-27-28-29-30-31-32-33-34-35-36-37-39-41-43-45-47-49-51-53-55-57-59-63(67)64-61(60-65)62(66)58-56-54-52-50-48-46-44-42-40-38-26-24-22-20-18-16-14-12-10-8-6-4-2/h28-29,48,50,56,58,61-62,65-66H,3-27,30-47,49,51-55,57,59-60H2,1-2H3,(H,64,67)/b29-28-,50-48+,58-56+. The van der Waals surface area contributed by atoms with Crippen LogP contribution in [0.4, 0.5) is 0 Å². The number of hydrogen-bond acceptors (Lipinski definition) is 3. The Morgan fingerprint density at radius 3 is 0.866 bits per heavy atom. The van der Waals surface area contributed by atoms with E-state index in [2.05, 4.69) is 43.5 Å². The van der Waals surface area contributed by atoms with Crippen LogP contribution in [0.3, 0.4) is 0 Å². The van der Waals surface area contributed by atoms with Crippen LogP contribution in [0, 0.1) is 0 Å². The molecule has 0 heterocycles. The Morgan fingerprint density at radius 2 is 0.582 bits per heavy atom. The summed E-state index contributed by atoms with van der Waals surface area (Å²) in [7, 11) is 0. The number of carbonyl (C=O) groups is 1. The molecular formula is C63H121NO3. The fraction of sp³-hybridized carbons (Fsp3) is 0.889. The van der Waals surface area contributed by atoms with Gasteiger partial charge >= 0.3 is 0 Å². The Labute approximate surface area is 421 Å². The molecule has 67 heavy (non-hydrogen) atoms. The Morgan fingerprint density at radius 1 is 0.343 bits per heavy atom. The summed E-state index contributed by atoms with van der Waals surface area (Å²) in [6.07, 6.45) is 80.5. The number of aliphatic hydroxyl groups is 2. The summed E-state index contributed by atoms with van der Waals surface area (Å²) in [5, 5.41) is 23.2. The zero-order valence-electron chi connectivity index (χ0n) is 45.7. The summed E-state index contributed by atoms with van der Waals surface area (Å²) in [5.41, 5.74) is 0. The van der Waals surface area contributed by atoms with Crippen molar-refractivity contribution in [3.63, 3.8) is 0 Å². The second kappa shape index (κ2) is 58.9. The summed E-state index contributed by atoms with van der Waals surface area (Å²) in [5.74, 6) is -0.0677. The summed E-state index contributed by atoms with van der Waals surface area (Å²) in [4.78, 5) is 12.5. The molecule has 0 aromatic rings. The number of unbranched alkanes of at least 4 members (excludes halogenated alkanes) is 46. The van der Waals surface area contributed by atoms with Crippen molar-refractivity contribution in [2.75, 3.05) is 6.61 Å². The van der Waals surface area contributed by atoms with Gasteiger partial charge in [-0.15, -0.1) is 0 Å². The van der Waals surface area contributed by atoms with Crippen LogP contribution in [0.2, 0.25) is 0 Å². The molecule has 0 aliphatic heterocycles. The molecule has 4 nitrogen and oxygen atoms in total. The molecule has 0 saturated heterocycles. The Balaban J connectivity index is 3.46. The Kier molecular flexibility index (Phi) is 57.7. The highest BCUT2D eigenvalue weighted by molar-refractivity contribution is 5.76. The number of carbonyl (C=O) groups excluding carboxylic acids is 1. The smallest absolute Gasteiger partial charge is 0.220 e. The first kappa shape index (κ1) is 65.6. The molecule has 0 aromatic carbocycles. The minimum Gasteiger partial charge on any atom is -0.394 e. The molecule has 0 radical (unpaired) electrons. The van der Waals surface area contributed by atoms with Crippen LogP contribution in [0.5, 0.6) is 0 Å². The maximum Gasteiger partial charge on any atom is 0.220 e. The summed E-state index contributed by atoms with van der Waals surface area (Å²) in [6, 6.07) is -0.638. The van der Waals surface area contributed by atoms with Gasteiger partial charge in [0.2, 0.25) is 5.91 Å². The Bertz CT molecular complexity index is 1020. The normalized spacial score (nSPS) is 13.0. The van der Waals surface area contributed by atoms with E-state index in [0.29, 0.717) is 6.42 Å². The van der Waals surface area contributed by atoms with Gasteiger partial charge in [-0.25, -0.2) is 0 Å². The molecule has 0 aromatic heterocycles. The van der Waals surface area contributed by atoms with Crippen LogP contribution in [-0.4, -0.2) is 34.9 Å². The second-order valence-corrected chi connectivity index (χ2v) is 21.1. The number of aliphatic hydroxyl groups excluding tert-OH is 2. The van der Waals surface area contributed by atoms with Crippen LogP contribution in [-0.2, 0) is 4.79 Å². The van der Waals surface area contributed by atoms with Gasteiger partial charge < -0.3 is 15.5 Å². The van der Waals surface area contributed by atoms with Crippen molar-refractivity contribution >= 4 is 5.91 Å². The largest absolute Gasteiger partial charge is 0.394 e. The molecule has 2 atom stereocenters. The van der Waals surface area contributed by atoms with E-state index in [1.165, 1.54) is 289 Å². The molecule has 0 aliphatic carbocycles. The quantitative estimate of drug-likeness (QED) is 0.0420. The molecule has 0 fully saturated rings. The van der Waals surface area contributed by atoms with E-state index < -0.39 is 12.1 Å². The van der Waals surface area contributed by atoms with Gasteiger partial charge in [-0.3, -0.25) is 4.79 Å². The SMILES string of the molecule is CCCCCCCCCCCCCC/C=C\CCCCCCCCCCCCCCCCCCCC(=O)NC(CO)C(O)/C=C/CC/C=C/CCCCCCCCCCCCCCCCCC. The van der Waals surface area contributed by atoms with E-state index in [0.717, 1.165) is 32.1 Å². The van der Waals surface area contributed by atoms with Crippen LogP contribution in [0.15, 0.2) is 36.5 Å². The van der Waals surface area contributed by atoms with Gasteiger partial charge in [0, 0.05) is 6.42 Å². The fourth-order valence-electron chi connectivity index (χ4n) is 9.66. The molecule has 0 aliphatic rings. The number of rotatable bonds is 57. The van der Waals surface area contributed by atoms with Crippen molar-refractivity contribution in [3.05, 3.63) is 36.5 Å². The van der Waals surface area contributed by atoms with E-state index in [4.69, 9.17) is 0 Å². The van der Waals surface area contributed by atoms with E-state index >= 15 is 0 Å². The van der Waals surface area contributed by atoms with Crippen molar-refractivity contribution in [1.29, 1.82) is 0 Å². The van der Waals surface area contributed by atoms with Crippen molar-refractivity contribution in [2.45, 2.75) is 353 Å². The zero-order chi connectivity index (χ0) is 48.5. The van der Waals surface area contributed by atoms with Gasteiger partial charge in [-0.2, -0.15) is 0 Å². The number of hydrogen-bond donors (Lipinski definition) is 3. The molecular weight excluding hydrogens is 819 g/mol. The molecule has 2 unspecified atom stereocenters. The minimum atomic E-state index is -0.862. The van der Waals surface area contributed by atoms with E-state index in [-0.39, 0.29) is 12.5 Å². The second-order valence-electron chi connectivity index (χ2n) is 21.1. The number of allylic oxidation sites excluding steroid dienone is 5. The van der Waals surface area contributed by atoms with Crippen LogP contribution in [0.1, 0.15) is 341 Å². The summed E-state index contributed by atoms with van der Waals surface area (Å²) < 4.78 is 0. The maximum atomic E-state index is 12.5. The third kappa shape index (κ3) is 55.4. The summed E-state index contributed by atoms with van der Waals surface area (Å²) in [6.45, 7) is 4.34. The molecule has 4 heteroatoms. The average molecular weight is 941 g/mol. The third-order valence-corrected chi connectivity index (χ3v) is 14.3. The van der Waals surface area contributed by atoms with E-state index in [1.54, 1.807) is 6.08 Å². The van der Waals surface area contributed by atoms with Crippen LogP contribution >= 0.6 is 0 Å².